The Morgan fingerprint density at radius 2 is 1.57 bits per heavy atom. The minimum absolute atomic E-state index is 0.0177. The standard InChI is InChI=1S/C22H23N2O3P/c1-21(2)16-11-7-5-9-14(16)20(24-22(21,3)4)18-13-19(28(25,26)27)15-10-6-8-12-17(15)23-18/h5-13H,1-4H3,(H2,25,26,27). The molecule has 6 heteroatoms. The molecule has 1 aliphatic heterocycles. The van der Waals surface area contributed by atoms with Crippen LogP contribution < -0.4 is 5.30 Å². The lowest BCUT2D eigenvalue weighted by atomic mass is 9.66. The predicted molar refractivity (Wildman–Crippen MR) is 113 cm³/mol. The van der Waals surface area contributed by atoms with E-state index in [1.54, 1.807) is 18.2 Å². The van der Waals surface area contributed by atoms with E-state index < -0.39 is 13.1 Å². The summed E-state index contributed by atoms with van der Waals surface area (Å²) in [6, 6.07) is 16.6. The topological polar surface area (TPSA) is 82.8 Å². The Balaban J connectivity index is 2.06. The number of hydrogen-bond donors (Lipinski definition) is 2. The van der Waals surface area contributed by atoms with E-state index >= 15 is 0 Å². The zero-order valence-corrected chi connectivity index (χ0v) is 17.2. The summed E-state index contributed by atoms with van der Waals surface area (Å²) < 4.78 is 12.2. The summed E-state index contributed by atoms with van der Waals surface area (Å²) in [7, 11) is -4.48. The van der Waals surface area contributed by atoms with Gasteiger partial charge in [0.2, 0.25) is 0 Å². The largest absolute Gasteiger partial charge is 0.356 e. The number of aliphatic imine (C=N–C) groups is 1. The number of rotatable bonds is 2. The molecule has 0 spiro atoms. The second kappa shape index (κ2) is 6.08. The van der Waals surface area contributed by atoms with Crippen molar-refractivity contribution in [2.75, 3.05) is 0 Å². The van der Waals surface area contributed by atoms with E-state index in [9.17, 15) is 14.4 Å². The van der Waals surface area contributed by atoms with Gasteiger partial charge in [-0.05, 0) is 31.5 Å². The van der Waals surface area contributed by atoms with Crippen LogP contribution in [-0.4, -0.2) is 26.0 Å². The lowest BCUT2D eigenvalue weighted by Crippen LogP contribution is -2.46. The van der Waals surface area contributed by atoms with Crippen molar-refractivity contribution >= 4 is 29.5 Å². The van der Waals surface area contributed by atoms with Gasteiger partial charge in [0.25, 0.3) is 0 Å². The van der Waals surface area contributed by atoms with Crippen LogP contribution in [0.25, 0.3) is 10.9 Å². The second-order valence-corrected chi connectivity index (χ2v) is 9.85. The predicted octanol–water partition coefficient (Wildman–Crippen LogP) is 3.95. The van der Waals surface area contributed by atoms with Crippen molar-refractivity contribution in [3.8, 4) is 0 Å². The van der Waals surface area contributed by atoms with Crippen LogP contribution in [0.5, 0.6) is 0 Å². The van der Waals surface area contributed by atoms with Crippen molar-refractivity contribution in [3.05, 3.63) is 71.4 Å². The van der Waals surface area contributed by atoms with Gasteiger partial charge in [-0.15, -0.1) is 0 Å². The van der Waals surface area contributed by atoms with Crippen LogP contribution in [0.4, 0.5) is 0 Å². The minimum atomic E-state index is -4.48. The van der Waals surface area contributed by atoms with Gasteiger partial charge in [-0.2, -0.15) is 0 Å². The van der Waals surface area contributed by atoms with Gasteiger partial charge < -0.3 is 9.79 Å². The second-order valence-electron chi connectivity index (χ2n) is 8.28. The third-order valence-corrected chi connectivity index (χ3v) is 7.02. The molecule has 0 bridgehead atoms. The molecule has 0 amide bonds. The molecule has 3 aromatic rings. The molecule has 4 rings (SSSR count). The molecule has 1 aromatic heterocycles. The molecule has 5 nitrogen and oxygen atoms in total. The molecule has 144 valence electrons. The van der Waals surface area contributed by atoms with Gasteiger partial charge in [-0.25, -0.2) is 4.98 Å². The van der Waals surface area contributed by atoms with Crippen LogP contribution in [-0.2, 0) is 9.98 Å². The normalized spacial score (nSPS) is 17.9. The van der Waals surface area contributed by atoms with Crippen molar-refractivity contribution < 1.29 is 14.4 Å². The fraction of sp³-hybridized carbons (Fsp3) is 0.273. The van der Waals surface area contributed by atoms with Gasteiger partial charge in [-0.1, -0.05) is 56.3 Å². The van der Waals surface area contributed by atoms with Gasteiger partial charge >= 0.3 is 7.60 Å². The van der Waals surface area contributed by atoms with Gasteiger partial charge in [0.15, 0.2) is 0 Å². The fourth-order valence-electron chi connectivity index (χ4n) is 3.76. The molecule has 0 saturated heterocycles. The highest BCUT2D eigenvalue weighted by Crippen LogP contribution is 2.44. The average molecular weight is 394 g/mol. The first kappa shape index (κ1) is 19.0. The van der Waals surface area contributed by atoms with Gasteiger partial charge in [0.05, 0.1) is 27.8 Å². The fourth-order valence-corrected chi connectivity index (χ4v) is 4.55. The maximum atomic E-state index is 12.2. The van der Waals surface area contributed by atoms with Crippen LogP contribution in [0, 0.1) is 0 Å². The zero-order chi connectivity index (χ0) is 20.3. The minimum Gasteiger partial charge on any atom is -0.321 e. The molecule has 0 fully saturated rings. The summed E-state index contributed by atoms with van der Waals surface area (Å²) in [5, 5.41) is 0.444. The van der Waals surface area contributed by atoms with Crippen LogP contribution in [0.15, 0.2) is 59.6 Å². The third-order valence-electron chi connectivity index (χ3n) is 6.03. The highest BCUT2D eigenvalue weighted by atomic mass is 31.2. The Kier molecular flexibility index (Phi) is 4.13. The first-order valence-electron chi connectivity index (χ1n) is 9.18. The molecule has 1 aliphatic rings. The van der Waals surface area contributed by atoms with Gasteiger partial charge in [0.1, 0.15) is 0 Å². The Labute approximate surface area is 164 Å². The van der Waals surface area contributed by atoms with Crippen molar-refractivity contribution in [2.24, 2.45) is 4.99 Å². The summed E-state index contributed by atoms with van der Waals surface area (Å²) in [4.78, 5) is 29.6. The molecule has 0 unspecified atom stereocenters. The summed E-state index contributed by atoms with van der Waals surface area (Å²) in [6.07, 6.45) is 0. The molecule has 0 radical (unpaired) electrons. The number of aromatic nitrogens is 1. The maximum absolute atomic E-state index is 12.2. The van der Waals surface area contributed by atoms with Gasteiger partial charge in [-0.3, -0.25) is 9.56 Å². The molecule has 28 heavy (non-hydrogen) atoms. The Morgan fingerprint density at radius 3 is 2.29 bits per heavy atom. The van der Waals surface area contributed by atoms with Gasteiger partial charge in [0, 0.05) is 16.4 Å². The van der Waals surface area contributed by atoms with Crippen LogP contribution in [0.3, 0.4) is 0 Å². The van der Waals surface area contributed by atoms with Crippen molar-refractivity contribution in [2.45, 2.75) is 38.6 Å². The van der Waals surface area contributed by atoms with E-state index in [1.165, 1.54) is 6.07 Å². The zero-order valence-electron chi connectivity index (χ0n) is 16.3. The number of pyridine rings is 1. The molecule has 2 heterocycles. The van der Waals surface area contributed by atoms with Crippen LogP contribution in [0.2, 0.25) is 0 Å². The van der Waals surface area contributed by atoms with E-state index in [1.807, 2.05) is 24.3 Å². The van der Waals surface area contributed by atoms with Crippen LogP contribution >= 0.6 is 7.60 Å². The van der Waals surface area contributed by atoms with E-state index in [0.717, 1.165) is 11.1 Å². The maximum Gasteiger partial charge on any atom is 0.356 e. The Bertz CT molecular complexity index is 1180. The Hall–Kier alpha value is -2.33. The first-order valence-corrected chi connectivity index (χ1v) is 10.8. The molecule has 0 saturated carbocycles. The van der Waals surface area contributed by atoms with E-state index in [4.69, 9.17) is 9.98 Å². The number of benzene rings is 2. The number of para-hydroxylation sites is 1. The van der Waals surface area contributed by atoms with Crippen molar-refractivity contribution in [3.63, 3.8) is 0 Å². The average Bonchev–Trinajstić information content (AvgIpc) is 2.63. The lowest BCUT2D eigenvalue weighted by Gasteiger charge is -2.44. The quantitative estimate of drug-likeness (QED) is 0.645. The SMILES string of the molecule is CC1(C)N=C(c2cc(P(=O)(O)O)c3ccccc3n2)c2ccccc2C1(C)C. The van der Waals surface area contributed by atoms with E-state index in [2.05, 4.69) is 33.8 Å². The summed E-state index contributed by atoms with van der Waals surface area (Å²) in [5.74, 6) is 0. The highest BCUT2D eigenvalue weighted by Gasteiger charge is 2.44. The summed E-state index contributed by atoms with van der Waals surface area (Å²) in [5.41, 5.74) is 3.18. The molecule has 2 N–H and O–H groups in total. The summed E-state index contributed by atoms with van der Waals surface area (Å²) in [6.45, 7) is 8.49. The Morgan fingerprint density at radius 1 is 0.929 bits per heavy atom. The van der Waals surface area contributed by atoms with Crippen LogP contribution in [0.1, 0.15) is 44.5 Å². The van der Waals surface area contributed by atoms with E-state index in [0.29, 0.717) is 22.3 Å². The first-order chi connectivity index (χ1) is 13.0. The number of nitrogens with zero attached hydrogens (tertiary/aromatic N) is 2. The number of hydrogen-bond acceptors (Lipinski definition) is 3. The van der Waals surface area contributed by atoms with Crippen molar-refractivity contribution in [1.82, 2.24) is 4.98 Å². The molecular formula is C22H23N2O3P. The molecule has 0 aliphatic carbocycles. The monoisotopic (exact) mass is 394 g/mol. The summed E-state index contributed by atoms with van der Waals surface area (Å²) >= 11 is 0. The lowest BCUT2D eigenvalue weighted by molar-refractivity contribution is 0.303. The van der Waals surface area contributed by atoms with Crippen molar-refractivity contribution in [1.29, 1.82) is 0 Å². The molecular weight excluding hydrogens is 371 g/mol. The third kappa shape index (κ3) is 2.82. The smallest absolute Gasteiger partial charge is 0.321 e. The molecule has 2 aromatic carbocycles. The number of fused-ring (bicyclic) bond motifs is 2. The highest BCUT2D eigenvalue weighted by molar-refractivity contribution is 7.60. The molecule has 0 atom stereocenters. The van der Waals surface area contributed by atoms with E-state index in [-0.39, 0.29) is 10.7 Å².